The summed E-state index contributed by atoms with van der Waals surface area (Å²) in [6, 6.07) is -1.56. The largest absolute Gasteiger partial charge is 0.480 e. The number of aliphatic hydroxyl groups excluding tert-OH is 1. The standard InChI is InChI=1S/C11H18N2O4/c1-3-6-9(10(15)16)12-11(17)13(4-2)7-5-8-14/h1,9,14H,4-8H2,2H3,(H,12,17)(H,15,16). The van der Waals surface area contributed by atoms with Gasteiger partial charge in [-0.15, -0.1) is 12.3 Å². The topological polar surface area (TPSA) is 89.9 Å². The predicted octanol–water partition coefficient (Wildman–Crippen LogP) is -0.123. The van der Waals surface area contributed by atoms with Crippen LogP contribution in [-0.4, -0.2) is 52.9 Å². The number of carbonyl (C=O) groups excluding carboxylic acids is 1. The summed E-state index contributed by atoms with van der Waals surface area (Å²) in [5.41, 5.74) is 0. The van der Waals surface area contributed by atoms with Gasteiger partial charge in [0, 0.05) is 26.1 Å². The van der Waals surface area contributed by atoms with Crippen molar-refractivity contribution in [1.29, 1.82) is 0 Å². The molecule has 0 spiro atoms. The van der Waals surface area contributed by atoms with E-state index < -0.39 is 18.0 Å². The van der Waals surface area contributed by atoms with E-state index in [2.05, 4.69) is 11.2 Å². The lowest BCUT2D eigenvalue weighted by Crippen LogP contribution is -2.48. The van der Waals surface area contributed by atoms with Gasteiger partial charge >= 0.3 is 12.0 Å². The third-order valence-corrected chi connectivity index (χ3v) is 2.17. The molecule has 0 aliphatic heterocycles. The summed E-state index contributed by atoms with van der Waals surface area (Å²) in [6.45, 7) is 2.57. The second-order valence-corrected chi connectivity index (χ2v) is 3.41. The van der Waals surface area contributed by atoms with Gasteiger partial charge in [-0.1, -0.05) is 0 Å². The lowest BCUT2D eigenvalue weighted by atomic mass is 10.2. The van der Waals surface area contributed by atoms with Crippen LogP contribution < -0.4 is 5.32 Å². The van der Waals surface area contributed by atoms with Crippen LogP contribution in [0.5, 0.6) is 0 Å². The number of carbonyl (C=O) groups is 2. The van der Waals surface area contributed by atoms with Crippen LogP contribution >= 0.6 is 0 Å². The van der Waals surface area contributed by atoms with Gasteiger partial charge in [0.2, 0.25) is 0 Å². The number of hydrogen-bond acceptors (Lipinski definition) is 3. The van der Waals surface area contributed by atoms with E-state index in [-0.39, 0.29) is 13.0 Å². The number of carboxylic acid groups (broad SMARTS) is 1. The summed E-state index contributed by atoms with van der Waals surface area (Å²) in [5, 5.41) is 19.8. The molecule has 3 N–H and O–H groups in total. The Hall–Kier alpha value is -1.74. The highest BCUT2D eigenvalue weighted by molar-refractivity contribution is 5.82. The fourth-order valence-corrected chi connectivity index (χ4v) is 1.22. The first-order valence-electron chi connectivity index (χ1n) is 5.39. The maximum atomic E-state index is 11.7. The van der Waals surface area contributed by atoms with Crippen LogP contribution in [0.3, 0.4) is 0 Å². The van der Waals surface area contributed by atoms with Crippen LogP contribution in [0.4, 0.5) is 4.79 Å². The van der Waals surface area contributed by atoms with Crippen LogP contribution in [0.25, 0.3) is 0 Å². The molecule has 0 aromatic heterocycles. The second kappa shape index (κ2) is 8.42. The quantitative estimate of drug-likeness (QED) is 0.543. The van der Waals surface area contributed by atoms with E-state index in [1.807, 2.05) is 0 Å². The summed E-state index contributed by atoms with van der Waals surface area (Å²) < 4.78 is 0. The van der Waals surface area contributed by atoms with Gasteiger partial charge in [0.15, 0.2) is 0 Å². The molecule has 0 aliphatic rings. The number of nitrogens with one attached hydrogen (secondary N) is 1. The third kappa shape index (κ3) is 5.78. The van der Waals surface area contributed by atoms with Gasteiger partial charge in [0.25, 0.3) is 0 Å². The molecule has 1 unspecified atom stereocenters. The number of terminal acetylenes is 1. The SMILES string of the molecule is C#CCC(NC(=O)N(CC)CCCO)C(=O)O. The fraction of sp³-hybridized carbons (Fsp3) is 0.636. The zero-order chi connectivity index (χ0) is 13.3. The molecule has 0 aromatic rings. The van der Waals surface area contributed by atoms with Crippen molar-refractivity contribution in [1.82, 2.24) is 10.2 Å². The minimum atomic E-state index is -1.16. The van der Waals surface area contributed by atoms with Gasteiger partial charge in [0.05, 0.1) is 0 Å². The molecule has 2 amide bonds. The Balaban J connectivity index is 4.36. The normalized spacial score (nSPS) is 11.4. The molecule has 0 saturated carbocycles. The number of rotatable bonds is 7. The highest BCUT2D eigenvalue weighted by Gasteiger charge is 2.21. The molecule has 1 atom stereocenters. The Morgan fingerprint density at radius 1 is 1.53 bits per heavy atom. The molecule has 96 valence electrons. The Morgan fingerprint density at radius 2 is 2.18 bits per heavy atom. The first-order valence-corrected chi connectivity index (χ1v) is 5.39. The Morgan fingerprint density at radius 3 is 2.59 bits per heavy atom. The minimum Gasteiger partial charge on any atom is -0.480 e. The molecule has 0 saturated heterocycles. The van der Waals surface area contributed by atoms with Crippen LogP contribution in [0.1, 0.15) is 19.8 Å². The number of carboxylic acids is 1. The maximum absolute atomic E-state index is 11.7. The summed E-state index contributed by atoms with van der Waals surface area (Å²) in [7, 11) is 0. The molecular formula is C11H18N2O4. The van der Waals surface area contributed by atoms with E-state index in [4.69, 9.17) is 16.6 Å². The summed E-state index contributed by atoms with van der Waals surface area (Å²) >= 11 is 0. The van der Waals surface area contributed by atoms with E-state index >= 15 is 0 Å². The summed E-state index contributed by atoms with van der Waals surface area (Å²) in [6.07, 6.45) is 5.42. The van der Waals surface area contributed by atoms with Crippen LogP contribution in [0.2, 0.25) is 0 Å². The molecular weight excluding hydrogens is 224 g/mol. The third-order valence-electron chi connectivity index (χ3n) is 2.17. The van der Waals surface area contributed by atoms with Crippen molar-refractivity contribution in [2.45, 2.75) is 25.8 Å². The van der Waals surface area contributed by atoms with Crippen molar-refractivity contribution in [2.75, 3.05) is 19.7 Å². The first-order chi connectivity index (χ1) is 8.06. The molecule has 6 heteroatoms. The van der Waals surface area contributed by atoms with Crippen molar-refractivity contribution >= 4 is 12.0 Å². The van der Waals surface area contributed by atoms with Crippen LogP contribution in [0.15, 0.2) is 0 Å². The van der Waals surface area contributed by atoms with E-state index in [0.717, 1.165) is 0 Å². The number of nitrogens with zero attached hydrogens (tertiary/aromatic N) is 1. The summed E-state index contributed by atoms with van der Waals surface area (Å²) in [4.78, 5) is 23.9. The number of aliphatic hydroxyl groups is 1. The lowest BCUT2D eigenvalue weighted by Gasteiger charge is -2.23. The Kier molecular flexibility index (Phi) is 7.55. The fourth-order valence-electron chi connectivity index (χ4n) is 1.22. The number of hydrogen-bond donors (Lipinski definition) is 3. The zero-order valence-corrected chi connectivity index (χ0v) is 9.85. The van der Waals surface area contributed by atoms with Gasteiger partial charge in [-0.05, 0) is 13.3 Å². The van der Waals surface area contributed by atoms with E-state index in [9.17, 15) is 9.59 Å². The molecule has 6 nitrogen and oxygen atoms in total. The molecule has 0 rings (SSSR count). The van der Waals surface area contributed by atoms with Gasteiger partial charge in [-0.3, -0.25) is 0 Å². The Labute approximate surface area is 101 Å². The lowest BCUT2D eigenvalue weighted by molar-refractivity contribution is -0.139. The molecule has 0 aromatic carbocycles. The van der Waals surface area contributed by atoms with Crippen molar-refractivity contribution in [3.05, 3.63) is 0 Å². The van der Waals surface area contributed by atoms with Crippen molar-refractivity contribution < 1.29 is 19.8 Å². The van der Waals surface area contributed by atoms with Gasteiger partial charge in [0.1, 0.15) is 6.04 Å². The van der Waals surface area contributed by atoms with E-state index in [1.165, 1.54) is 4.90 Å². The van der Waals surface area contributed by atoms with Gasteiger partial charge in [-0.2, -0.15) is 0 Å². The van der Waals surface area contributed by atoms with E-state index in [1.54, 1.807) is 6.92 Å². The molecule has 0 radical (unpaired) electrons. The van der Waals surface area contributed by atoms with Gasteiger partial charge in [-0.25, -0.2) is 9.59 Å². The average molecular weight is 242 g/mol. The summed E-state index contributed by atoms with van der Waals surface area (Å²) in [5.74, 6) is 1.04. The smallest absolute Gasteiger partial charge is 0.327 e. The monoisotopic (exact) mass is 242 g/mol. The van der Waals surface area contributed by atoms with E-state index in [0.29, 0.717) is 19.5 Å². The highest BCUT2D eigenvalue weighted by atomic mass is 16.4. The first kappa shape index (κ1) is 15.3. The minimum absolute atomic E-state index is 0.0174. The highest BCUT2D eigenvalue weighted by Crippen LogP contribution is 1.97. The second-order valence-electron chi connectivity index (χ2n) is 3.41. The number of urea groups is 1. The van der Waals surface area contributed by atoms with Crippen LogP contribution in [0, 0.1) is 12.3 Å². The molecule has 0 fully saturated rings. The van der Waals surface area contributed by atoms with Crippen molar-refractivity contribution in [2.24, 2.45) is 0 Å². The van der Waals surface area contributed by atoms with Gasteiger partial charge < -0.3 is 20.4 Å². The van der Waals surface area contributed by atoms with Crippen LogP contribution in [-0.2, 0) is 4.79 Å². The van der Waals surface area contributed by atoms with Crippen molar-refractivity contribution in [3.63, 3.8) is 0 Å². The zero-order valence-electron chi connectivity index (χ0n) is 9.85. The maximum Gasteiger partial charge on any atom is 0.327 e. The Bertz CT molecular complexity index is 298. The molecule has 0 aliphatic carbocycles. The number of aliphatic carboxylic acids is 1. The molecule has 0 bridgehead atoms. The molecule has 17 heavy (non-hydrogen) atoms. The molecule has 0 heterocycles. The predicted molar refractivity (Wildman–Crippen MR) is 62.4 cm³/mol. The van der Waals surface area contributed by atoms with Crippen molar-refractivity contribution in [3.8, 4) is 12.3 Å². The number of amides is 2. The average Bonchev–Trinajstić information content (AvgIpc) is 2.29.